The summed E-state index contributed by atoms with van der Waals surface area (Å²) in [4.78, 5) is 5.55. The summed E-state index contributed by atoms with van der Waals surface area (Å²) in [6.07, 6.45) is 0. The zero-order valence-electron chi connectivity index (χ0n) is 16.5. The second-order valence-corrected chi connectivity index (χ2v) is 6.92. The van der Waals surface area contributed by atoms with Crippen molar-refractivity contribution in [1.82, 2.24) is 0 Å². The van der Waals surface area contributed by atoms with Crippen LogP contribution >= 0.6 is 35.3 Å². The van der Waals surface area contributed by atoms with Gasteiger partial charge in [-0.25, -0.2) is 4.99 Å². The monoisotopic (exact) mass is 525 g/mol. The summed E-state index contributed by atoms with van der Waals surface area (Å²) in [5.74, 6) is 2.47. The van der Waals surface area contributed by atoms with Crippen molar-refractivity contribution in [2.45, 2.75) is 6.54 Å². The zero-order chi connectivity index (χ0) is 19.9. The molecule has 0 radical (unpaired) electrons. The predicted molar refractivity (Wildman–Crippen MR) is 130 cm³/mol. The highest BCUT2D eigenvalue weighted by atomic mass is 127. The maximum absolute atomic E-state index is 6.02. The van der Waals surface area contributed by atoms with E-state index in [4.69, 9.17) is 19.9 Å². The molecule has 6 nitrogen and oxygen atoms in total. The fourth-order valence-corrected chi connectivity index (χ4v) is 3.48. The molecule has 0 atom stereocenters. The number of guanidine groups is 1. The molecule has 1 heterocycles. The van der Waals surface area contributed by atoms with Gasteiger partial charge in [0.05, 0.1) is 27.9 Å². The number of hydrogen-bond acceptors (Lipinski definition) is 5. The van der Waals surface area contributed by atoms with Crippen LogP contribution in [0.5, 0.6) is 17.2 Å². The van der Waals surface area contributed by atoms with Crippen molar-refractivity contribution in [3.05, 3.63) is 58.8 Å². The van der Waals surface area contributed by atoms with Crippen molar-refractivity contribution in [3.8, 4) is 28.4 Å². The van der Waals surface area contributed by atoms with Gasteiger partial charge in [0.25, 0.3) is 0 Å². The highest BCUT2D eigenvalue weighted by Crippen LogP contribution is 2.30. The van der Waals surface area contributed by atoms with Crippen molar-refractivity contribution < 1.29 is 14.2 Å². The molecule has 3 N–H and O–H groups in total. The molecule has 0 spiro atoms. The normalized spacial score (nSPS) is 10.8. The van der Waals surface area contributed by atoms with Gasteiger partial charge in [-0.15, -0.1) is 35.3 Å². The summed E-state index contributed by atoms with van der Waals surface area (Å²) in [6, 6.07) is 15.6. The van der Waals surface area contributed by atoms with Crippen LogP contribution in [0.1, 0.15) is 4.88 Å². The number of halogens is 1. The average molecular weight is 525 g/mol. The van der Waals surface area contributed by atoms with E-state index in [9.17, 15) is 0 Å². The number of anilines is 1. The van der Waals surface area contributed by atoms with E-state index in [2.05, 4.69) is 21.8 Å². The van der Waals surface area contributed by atoms with Crippen LogP contribution in [0.25, 0.3) is 11.1 Å². The molecule has 0 aliphatic heterocycles. The summed E-state index contributed by atoms with van der Waals surface area (Å²) < 4.78 is 15.7. The third kappa shape index (κ3) is 6.01. The van der Waals surface area contributed by atoms with Gasteiger partial charge in [-0.1, -0.05) is 12.1 Å². The molecule has 3 rings (SSSR count). The molecule has 154 valence electrons. The minimum absolute atomic E-state index is 0. The van der Waals surface area contributed by atoms with Gasteiger partial charge in [-0.2, -0.15) is 0 Å². The summed E-state index contributed by atoms with van der Waals surface area (Å²) in [5.41, 5.74) is 9.10. The molecule has 0 fully saturated rings. The number of nitrogens with two attached hydrogens (primary N) is 1. The maximum Gasteiger partial charge on any atom is 0.193 e. The van der Waals surface area contributed by atoms with E-state index in [0.717, 1.165) is 27.4 Å². The number of nitrogens with zero attached hydrogens (tertiary/aromatic N) is 1. The largest absolute Gasteiger partial charge is 0.497 e. The van der Waals surface area contributed by atoms with Crippen LogP contribution in [0.3, 0.4) is 0 Å². The van der Waals surface area contributed by atoms with Crippen molar-refractivity contribution >= 4 is 47.0 Å². The quantitative estimate of drug-likeness (QED) is 0.258. The number of hydrogen-bond donors (Lipinski definition) is 2. The summed E-state index contributed by atoms with van der Waals surface area (Å²) in [7, 11) is 4.86. The lowest BCUT2D eigenvalue weighted by Gasteiger charge is -2.10. The first kappa shape index (κ1) is 22.8. The lowest BCUT2D eigenvalue weighted by Crippen LogP contribution is -2.22. The van der Waals surface area contributed by atoms with E-state index in [1.54, 1.807) is 32.7 Å². The lowest BCUT2D eigenvalue weighted by molar-refractivity contribution is 0.355. The molecule has 0 unspecified atom stereocenters. The summed E-state index contributed by atoms with van der Waals surface area (Å²) in [5, 5.41) is 5.19. The van der Waals surface area contributed by atoms with Crippen molar-refractivity contribution in [3.63, 3.8) is 0 Å². The lowest BCUT2D eigenvalue weighted by atomic mass is 10.1. The molecule has 29 heavy (non-hydrogen) atoms. The number of nitrogens with one attached hydrogen (secondary N) is 1. The van der Waals surface area contributed by atoms with E-state index in [-0.39, 0.29) is 24.0 Å². The smallest absolute Gasteiger partial charge is 0.193 e. The Balaban J connectivity index is 0.00000300. The zero-order valence-corrected chi connectivity index (χ0v) is 19.6. The van der Waals surface area contributed by atoms with E-state index in [1.807, 2.05) is 42.5 Å². The number of benzene rings is 2. The Labute approximate surface area is 191 Å². The average Bonchev–Trinajstić information content (AvgIpc) is 3.21. The van der Waals surface area contributed by atoms with Crippen LogP contribution in [0.4, 0.5) is 5.69 Å². The molecule has 0 aliphatic carbocycles. The molecule has 8 heteroatoms. The van der Waals surface area contributed by atoms with Gasteiger partial charge < -0.3 is 25.3 Å². The van der Waals surface area contributed by atoms with Gasteiger partial charge in [0.1, 0.15) is 5.75 Å². The molecular weight excluding hydrogens is 501 g/mol. The Hall–Kier alpha value is -2.46. The van der Waals surface area contributed by atoms with Crippen LogP contribution in [-0.2, 0) is 6.54 Å². The molecule has 0 saturated heterocycles. The first-order valence-corrected chi connectivity index (χ1v) is 9.51. The molecule has 2 aromatic carbocycles. The molecule has 0 aliphatic rings. The van der Waals surface area contributed by atoms with Crippen molar-refractivity contribution in [1.29, 1.82) is 0 Å². The fourth-order valence-electron chi connectivity index (χ4n) is 2.66. The third-order valence-corrected chi connectivity index (χ3v) is 5.06. The Morgan fingerprint density at radius 2 is 1.66 bits per heavy atom. The van der Waals surface area contributed by atoms with Crippen molar-refractivity contribution in [2.24, 2.45) is 10.7 Å². The molecule has 3 aromatic rings. The van der Waals surface area contributed by atoms with Gasteiger partial charge in [0, 0.05) is 16.6 Å². The summed E-state index contributed by atoms with van der Waals surface area (Å²) >= 11 is 1.66. The molecular formula is C21H24IN3O3S. The fraction of sp³-hybridized carbons (Fsp3) is 0.190. The molecule has 0 saturated carbocycles. The predicted octanol–water partition coefficient (Wildman–Crippen LogP) is 4.99. The number of thiophene rings is 1. The highest BCUT2D eigenvalue weighted by Gasteiger charge is 2.06. The van der Waals surface area contributed by atoms with Crippen LogP contribution in [0, 0.1) is 0 Å². The van der Waals surface area contributed by atoms with Gasteiger partial charge in [0.15, 0.2) is 17.5 Å². The molecule has 0 amide bonds. The van der Waals surface area contributed by atoms with Crippen LogP contribution < -0.4 is 25.3 Å². The minimum Gasteiger partial charge on any atom is -0.497 e. The van der Waals surface area contributed by atoms with E-state index in [0.29, 0.717) is 24.0 Å². The molecule has 0 bridgehead atoms. The highest BCUT2D eigenvalue weighted by molar-refractivity contribution is 14.0. The van der Waals surface area contributed by atoms with Gasteiger partial charge in [0.2, 0.25) is 0 Å². The van der Waals surface area contributed by atoms with Gasteiger partial charge in [-0.05, 0) is 46.8 Å². The van der Waals surface area contributed by atoms with E-state index < -0.39 is 0 Å². The maximum atomic E-state index is 6.02. The third-order valence-electron chi connectivity index (χ3n) is 4.14. The Kier molecular flexibility index (Phi) is 8.59. The van der Waals surface area contributed by atoms with Gasteiger partial charge >= 0.3 is 0 Å². The Morgan fingerprint density at radius 1 is 0.931 bits per heavy atom. The van der Waals surface area contributed by atoms with E-state index in [1.165, 1.54) is 0 Å². The number of rotatable bonds is 7. The summed E-state index contributed by atoms with van der Waals surface area (Å²) in [6.45, 7) is 0.507. The first-order valence-electron chi connectivity index (χ1n) is 8.63. The first-order chi connectivity index (χ1) is 13.6. The number of ether oxygens (including phenoxy) is 3. The van der Waals surface area contributed by atoms with Crippen LogP contribution in [0.2, 0.25) is 0 Å². The second kappa shape index (κ2) is 10.9. The number of aliphatic imine (C=N–C) groups is 1. The molecule has 1 aromatic heterocycles. The SMILES string of the molecule is COc1ccc(-c2csc(CN=C(N)Nc3ccc(OC)c(OC)c3)c2)cc1.I. The van der Waals surface area contributed by atoms with Crippen LogP contribution in [0.15, 0.2) is 58.9 Å². The number of methoxy groups -OCH3 is 3. The topological polar surface area (TPSA) is 78.1 Å². The Bertz CT molecular complexity index is 958. The van der Waals surface area contributed by atoms with Crippen LogP contribution in [-0.4, -0.2) is 27.3 Å². The Morgan fingerprint density at radius 3 is 2.31 bits per heavy atom. The minimum atomic E-state index is 0. The van der Waals surface area contributed by atoms with Crippen molar-refractivity contribution in [2.75, 3.05) is 26.6 Å². The van der Waals surface area contributed by atoms with E-state index >= 15 is 0 Å². The van der Waals surface area contributed by atoms with Gasteiger partial charge in [-0.3, -0.25) is 0 Å². The second-order valence-electron chi connectivity index (χ2n) is 5.93. The standard InChI is InChI=1S/C21H23N3O3S.HI/c1-25-17-7-4-14(5-8-17)15-10-18(28-13-15)12-23-21(22)24-16-6-9-19(26-2)20(11-16)27-3;/h4-11,13H,12H2,1-3H3,(H3,22,23,24);1H.